The van der Waals surface area contributed by atoms with Crippen molar-refractivity contribution in [3.8, 4) is 6.07 Å². The summed E-state index contributed by atoms with van der Waals surface area (Å²) in [5.41, 5.74) is 7.97. The molecule has 0 unspecified atom stereocenters. The molecule has 0 saturated carbocycles. The molecular weight excluding hydrogens is 269 g/mol. The van der Waals surface area contributed by atoms with E-state index in [1.165, 1.54) is 0 Å². The van der Waals surface area contributed by atoms with Crippen molar-refractivity contribution in [3.05, 3.63) is 52.0 Å². The van der Waals surface area contributed by atoms with E-state index in [1.807, 2.05) is 0 Å². The Kier molecular flexibility index (Phi) is 3.61. The van der Waals surface area contributed by atoms with E-state index >= 15 is 0 Å². The minimum absolute atomic E-state index is 0.485. The molecule has 90 valence electrons. The summed E-state index contributed by atoms with van der Waals surface area (Å²) >= 11 is 12.0. The lowest BCUT2D eigenvalue weighted by Crippen LogP contribution is -1.95. The zero-order chi connectivity index (χ0) is 13.1. The van der Waals surface area contributed by atoms with E-state index in [-0.39, 0.29) is 0 Å². The van der Waals surface area contributed by atoms with E-state index in [9.17, 15) is 0 Å². The molecule has 2 aromatic carbocycles. The third-order valence-electron chi connectivity index (χ3n) is 2.36. The highest BCUT2D eigenvalue weighted by atomic mass is 35.5. The second-order valence-electron chi connectivity index (χ2n) is 3.67. The summed E-state index contributed by atoms with van der Waals surface area (Å²) < 4.78 is 0. The molecule has 2 rings (SSSR count). The molecule has 0 aliphatic carbocycles. The van der Waals surface area contributed by atoms with Gasteiger partial charge in [-0.15, -0.1) is 0 Å². The summed E-state index contributed by atoms with van der Waals surface area (Å²) in [5.74, 6) is 0. The van der Waals surface area contributed by atoms with Crippen LogP contribution in [0.2, 0.25) is 10.0 Å². The number of nitriles is 1. The topological polar surface area (TPSA) is 61.8 Å². The molecule has 3 nitrogen and oxygen atoms in total. The first-order chi connectivity index (χ1) is 8.60. The van der Waals surface area contributed by atoms with Crippen molar-refractivity contribution >= 4 is 40.3 Å². The number of halogens is 2. The van der Waals surface area contributed by atoms with Gasteiger partial charge in [-0.1, -0.05) is 23.2 Å². The van der Waals surface area contributed by atoms with Crippen molar-refractivity contribution in [1.29, 1.82) is 5.26 Å². The molecule has 3 N–H and O–H groups in total. The Morgan fingerprint density at radius 3 is 2.50 bits per heavy atom. The van der Waals surface area contributed by atoms with E-state index in [2.05, 4.69) is 11.4 Å². The van der Waals surface area contributed by atoms with Crippen LogP contribution in [0.1, 0.15) is 5.56 Å². The average Bonchev–Trinajstić information content (AvgIpc) is 2.33. The van der Waals surface area contributed by atoms with Crippen LogP contribution in [0.5, 0.6) is 0 Å². The van der Waals surface area contributed by atoms with Crippen LogP contribution in [0.3, 0.4) is 0 Å². The Morgan fingerprint density at radius 1 is 1.06 bits per heavy atom. The lowest BCUT2D eigenvalue weighted by atomic mass is 10.2. The first kappa shape index (κ1) is 12.6. The van der Waals surface area contributed by atoms with Crippen LogP contribution in [0.15, 0.2) is 36.4 Å². The van der Waals surface area contributed by atoms with Crippen LogP contribution < -0.4 is 11.1 Å². The van der Waals surface area contributed by atoms with Gasteiger partial charge in [0.2, 0.25) is 0 Å². The highest BCUT2D eigenvalue weighted by Crippen LogP contribution is 2.30. The van der Waals surface area contributed by atoms with Gasteiger partial charge in [-0.2, -0.15) is 5.26 Å². The summed E-state index contributed by atoms with van der Waals surface area (Å²) in [4.78, 5) is 0. The predicted molar refractivity (Wildman–Crippen MR) is 75.3 cm³/mol. The van der Waals surface area contributed by atoms with Crippen LogP contribution in [0.25, 0.3) is 0 Å². The minimum atomic E-state index is 0.485. The molecule has 0 aliphatic heterocycles. The second kappa shape index (κ2) is 5.18. The Hall–Kier alpha value is -1.89. The Labute approximate surface area is 115 Å². The maximum absolute atomic E-state index is 9.01. The molecule has 5 heteroatoms. The molecule has 18 heavy (non-hydrogen) atoms. The SMILES string of the molecule is N#Cc1ccc(Cl)cc1Nc1ccc(N)cc1Cl. The number of hydrogen-bond donors (Lipinski definition) is 2. The number of nitrogen functional groups attached to an aromatic ring is 1. The second-order valence-corrected chi connectivity index (χ2v) is 4.51. The molecule has 0 fully saturated rings. The maximum atomic E-state index is 9.01. The first-order valence-electron chi connectivity index (χ1n) is 5.12. The number of hydrogen-bond acceptors (Lipinski definition) is 3. The Balaban J connectivity index is 2.40. The van der Waals surface area contributed by atoms with Gasteiger partial charge in [-0.05, 0) is 36.4 Å². The van der Waals surface area contributed by atoms with Crippen molar-refractivity contribution in [1.82, 2.24) is 0 Å². The largest absolute Gasteiger partial charge is 0.399 e. The van der Waals surface area contributed by atoms with Crippen molar-refractivity contribution < 1.29 is 0 Å². The Morgan fingerprint density at radius 2 is 1.83 bits per heavy atom. The highest BCUT2D eigenvalue weighted by molar-refractivity contribution is 6.33. The number of rotatable bonds is 2. The summed E-state index contributed by atoms with van der Waals surface area (Å²) in [7, 11) is 0. The molecule has 0 saturated heterocycles. The average molecular weight is 278 g/mol. The van der Waals surface area contributed by atoms with Gasteiger partial charge in [0, 0.05) is 10.7 Å². The fourth-order valence-electron chi connectivity index (χ4n) is 1.50. The zero-order valence-electron chi connectivity index (χ0n) is 9.24. The first-order valence-corrected chi connectivity index (χ1v) is 5.87. The van der Waals surface area contributed by atoms with Gasteiger partial charge in [0.05, 0.1) is 22.0 Å². The molecule has 0 aromatic heterocycles. The van der Waals surface area contributed by atoms with Crippen molar-refractivity contribution in [2.75, 3.05) is 11.1 Å². The summed E-state index contributed by atoms with van der Waals surface area (Å²) in [6.45, 7) is 0. The fourth-order valence-corrected chi connectivity index (χ4v) is 1.90. The monoisotopic (exact) mass is 277 g/mol. The lowest BCUT2D eigenvalue weighted by Gasteiger charge is -2.10. The molecule has 0 aliphatic rings. The number of nitrogens with zero attached hydrogens (tertiary/aromatic N) is 1. The van der Waals surface area contributed by atoms with Gasteiger partial charge >= 0.3 is 0 Å². The van der Waals surface area contributed by atoms with Gasteiger partial charge in [0.15, 0.2) is 0 Å². The van der Waals surface area contributed by atoms with Crippen LogP contribution in [-0.4, -0.2) is 0 Å². The Bertz CT molecular complexity index is 633. The van der Waals surface area contributed by atoms with Crippen LogP contribution in [-0.2, 0) is 0 Å². The van der Waals surface area contributed by atoms with E-state index in [0.717, 1.165) is 0 Å². The number of anilines is 3. The van der Waals surface area contributed by atoms with E-state index < -0.39 is 0 Å². The van der Waals surface area contributed by atoms with E-state index in [1.54, 1.807) is 36.4 Å². The third-order valence-corrected chi connectivity index (χ3v) is 2.91. The molecule has 2 aromatic rings. The summed E-state index contributed by atoms with van der Waals surface area (Å²) in [6.07, 6.45) is 0. The number of benzene rings is 2. The van der Waals surface area contributed by atoms with Gasteiger partial charge in [0.1, 0.15) is 6.07 Å². The predicted octanol–water partition coefficient (Wildman–Crippen LogP) is 4.19. The summed E-state index contributed by atoms with van der Waals surface area (Å²) in [5, 5.41) is 13.1. The maximum Gasteiger partial charge on any atom is 0.101 e. The molecule has 0 spiro atoms. The molecule has 0 radical (unpaired) electrons. The highest BCUT2D eigenvalue weighted by Gasteiger charge is 2.06. The zero-order valence-corrected chi connectivity index (χ0v) is 10.8. The normalized spacial score (nSPS) is 9.83. The van der Waals surface area contributed by atoms with Gasteiger partial charge in [-0.3, -0.25) is 0 Å². The smallest absolute Gasteiger partial charge is 0.101 e. The quantitative estimate of drug-likeness (QED) is 0.809. The van der Waals surface area contributed by atoms with Gasteiger partial charge in [0.25, 0.3) is 0 Å². The van der Waals surface area contributed by atoms with Crippen molar-refractivity contribution in [3.63, 3.8) is 0 Å². The van der Waals surface area contributed by atoms with E-state index in [0.29, 0.717) is 32.7 Å². The number of nitrogens with one attached hydrogen (secondary N) is 1. The lowest BCUT2D eigenvalue weighted by molar-refractivity contribution is 1.46. The molecular formula is C13H9Cl2N3. The minimum Gasteiger partial charge on any atom is -0.399 e. The fraction of sp³-hybridized carbons (Fsp3) is 0. The summed E-state index contributed by atoms with van der Waals surface area (Å²) in [6, 6.07) is 12.2. The van der Waals surface area contributed by atoms with Crippen LogP contribution >= 0.6 is 23.2 Å². The van der Waals surface area contributed by atoms with Crippen LogP contribution in [0.4, 0.5) is 17.1 Å². The van der Waals surface area contributed by atoms with Crippen molar-refractivity contribution in [2.45, 2.75) is 0 Å². The standard InChI is InChI=1S/C13H9Cl2N3/c14-9-2-1-8(7-16)13(5-9)18-12-4-3-10(17)6-11(12)15/h1-6,18H,17H2. The van der Waals surface area contributed by atoms with Gasteiger partial charge in [-0.25, -0.2) is 0 Å². The van der Waals surface area contributed by atoms with E-state index in [4.69, 9.17) is 34.2 Å². The van der Waals surface area contributed by atoms with Gasteiger partial charge < -0.3 is 11.1 Å². The number of nitrogens with two attached hydrogens (primary N) is 1. The molecule has 0 atom stereocenters. The molecule has 0 bridgehead atoms. The van der Waals surface area contributed by atoms with Crippen LogP contribution in [0, 0.1) is 11.3 Å². The third kappa shape index (κ3) is 2.67. The molecule has 0 amide bonds. The van der Waals surface area contributed by atoms with Crippen molar-refractivity contribution in [2.24, 2.45) is 0 Å². The molecule has 0 heterocycles.